The molecule has 1 aliphatic rings. The molecule has 3 aromatic carbocycles. The third-order valence-corrected chi connectivity index (χ3v) is 5.97. The smallest absolute Gasteiger partial charge is 0.407 e. The number of hydrogen-bond acceptors (Lipinski definition) is 4. The van der Waals surface area contributed by atoms with Crippen LogP contribution in [0.25, 0.3) is 11.1 Å². The van der Waals surface area contributed by atoms with Crippen LogP contribution < -0.4 is 5.32 Å². The number of halogens is 1. The highest BCUT2D eigenvalue weighted by Crippen LogP contribution is 2.44. The summed E-state index contributed by atoms with van der Waals surface area (Å²) in [6, 6.07) is 23.3. The van der Waals surface area contributed by atoms with E-state index in [0.29, 0.717) is 5.56 Å². The second-order valence-corrected chi connectivity index (χ2v) is 7.82. The van der Waals surface area contributed by atoms with Crippen molar-refractivity contribution in [2.75, 3.05) is 13.2 Å². The maximum absolute atomic E-state index is 12.3. The number of aliphatic hydroxyl groups excluding tert-OH is 2. The van der Waals surface area contributed by atoms with E-state index >= 15 is 0 Å². The number of alkyl halides is 1. The molecule has 0 aliphatic heterocycles. The van der Waals surface area contributed by atoms with Gasteiger partial charge in [-0.15, -0.1) is 11.6 Å². The monoisotopic (exact) mass is 437 g/mol. The third kappa shape index (κ3) is 4.44. The maximum Gasteiger partial charge on any atom is 0.407 e. The number of rotatable bonds is 7. The minimum absolute atomic E-state index is 0.0377. The molecule has 1 aliphatic carbocycles. The zero-order valence-electron chi connectivity index (χ0n) is 16.9. The number of carbonyl (C=O) groups is 1. The van der Waals surface area contributed by atoms with E-state index in [2.05, 4.69) is 29.6 Å². The van der Waals surface area contributed by atoms with Crippen LogP contribution in [0.1, 0.15) is 34.3 Å². The van der Waals surface area contributed by atoms with Crippen LogP contribution in [-0.2, 0) is 10.6 Å². The van der Waals surface area contributed by atoms with Crippen molar-refractivity contribution >= 4 is 17.7 Å². The predicted octanol–water partition coefficient (Wildman–Crippen LogP) is 4.36. The van der Waals surface area contributed by atoms with E-state index in [4.69, 9.17) is 16.3 Å². The lowest BCUT2D eigenvalue weighted by molar-refractivity contribution is 0.0181. The van der Waals surface area contributed by atoms with Crippen LogP contribution in [0.15, 0.2) is 72.8 Å². The summed E-state index contributed by atoms with van der Waals surface area (Å²) < 4.78 is 5.46. The van der Waals surface area contributed by atoms with Crippen LogP contribution in [0, 0.1) is 0 Å². The Kier molecular flexibility index (Phi) is 6.56. The summed E-state index contributed by atoms with van der Waals surface area (Å²) in [6.07, 6.45) is -2.99. The Morgan fingerprint density at radius 3 is 2.16 bits per heavy atom. The number of amides is 1. The van der Waals surface area contributed by atoms with Crippen LogP contribution in [-0.4, -0.2) is 35.6 Å². The predicted molar refractivity (Wildman–Crippen MR) is 120 cm³/mol. The molecule has 2 atom stereocenters. The van der Waals surface area contributed by atoms with E-state index in [9.17, 15) is 15.0 Å². The van der Waals surface area contributed by atoms with Gasteiger partial charge in [-0.2, -0.15) is 0 Å². The molecule has 3 N–H and O–H groups in total. The lowest BCUT2D eigenvalue weighted by Gasteiger charge is -2.21. The van der Waals surface area contributed by atoms with Gasteiger partial charge in [0.15, 0.2) is 0 Å². The van der Waals surface area contributed by atoms with Gasteiger partial charge in [0.05, 0.1) is 0 Å². The highest BCUT2D eigenvalue weighted by Gasteiger charge is 2.29. The van der Waals surface area contributed by atoms with Crippen molar-refractivity contribution in [3.05, 3.63) is 95.1 Å². The first-order valence-corrected chi connectivity index (χ1v) is 10.7. The number of carbonyl (C=O) groups excluding carboxylic acids is 1. The number of nitrogens with one attached hydrogen (secondary N) is 1. The van der Waals surface area contributed by atoms with E-state index < -0.39 is 18.3 Å². The molecule has 31 heavy (non-hydrogen) atoms. The quantitative estimate of drug-likeness (QED) is 0.480. The summed E-state index contributed by atoms with van der Waals surface area (Å²) in [5, 5.41) is 23.3. The fraction of sp³-hybridized carbons (Fsp3) is 0.240. The van der Waals surface area contributed by atoms with Gasteiger partial charge in [0.25, 0.3) is 0 Å². The van der Waals surface area contributed by atoms with Gasteiger partial charge >= 0.3 is 6.09 Å². The number of benzene rings is 3. The van der Waals surface area contributed by atoms with Gasteiger partial charge in [-0.3, -0.25) is 0 Å². The summed E-state index contributed by atoms with van der Waals surface area (Å²) in [5.74, 6) is 0.184. The van der Waals surface area contributed by atoms with Gasteiger partial charge < -0.3 is 20.3 Å². The summed E-state index contributed by atoms with van der Waals surface area (Å²) in [4.78, 5) is 12.3. The molecule has 1 amide bonds. The van der Waals surface area contributed by atoms with Gasteiger partial charge in [-0.05, 0) is 33.4 Å². The number of alkyl carbamates (subject to hydrolysis) is 1. The Balaban J connectivity index is 1.35. The first-order valence-electron chi connectivity index (χ1n) is 10.2. The first kappa shape index (κ1) is 21.4. The summed E-state index contributed by atoms with van der Waals surface area (Å²) in [7, 11) is 0. The van der Waals surface area contributed by atoms with Gasteiger partial charge in [-0.25, -0.2) is 4.79 Å². The molecule has 0 bridgehead atoms. The molecule has 5 nitrogen and oxygen atoms in total. The van der Waals surface area contributed by atoms with Crippen molar-refractivity contribution in [3.8, 4) is 11.1 Å². The Morgan fingerprint density at radius 2 is 1.52 bits per heavy atom. The molecule has 0 heterocycles. The van der Waals surface area contributed by atoms with E-state index in [0.717, 1.165) is 27.8 Å². The molecule has 160 valence electrons. The van der Waals surface area contributed by atoms with E-state index in [1.807, 2.05) is 30.3 Å². The normalized spacial score (nSPS) is 14.4. The molecule has 0 saturated carbocycles. The third-order valence-electron chi connectivity index (χ3n) is 5.68. The van der Waals surface area contributed by atoms with Gasteiger partial charge in [0.2, 0.25) is 0 Å². The number of aliphatic hydroxyl groups is 2. The van der Waals surface area contributed by atoms with Crippen LogP contribution in [0.2, 0.25) is 0 Å². The summed E-state index contributed by atoms with van der Waals surface area (Å²) in [5.41, 5.74) is 5.85. The maximum atomic E-state index is 12.3. The highest BCUT2D eigenvalue weighted by molar-refractivity contribution is 6.17. The number of hydrogen-bond donors (Lipinski definition) is 3. The minimum atomic E-state index is -1.19. The summed E-state index contributed by atoms with van der Waals surface area (Å²) in [6.45, 7) is 0.0437. The SMILES string of the molecule is O=C(NCC(O)C(O)c1ccccc1CCl)OCC1c2ccccc2-c2ccccc21. The van der Waals surface area contributed by atoms with Crippen molar-refractivity contribution in [2.45, 2.75) is 24.0 Å². The fourth-order valence-electron chi connectivity index (χ4n) is 4.10. The van der Waals surface area contributed by atoms with Crippen LogP contribution in [0.3, 0.4) is 0 Å². The average molecular weight is 438 g/mol. The number of fused-ring (bicyclic) bond motifs is 3. The van der Waals surface area contributed by atoms with Crippen molar-refractivity contribution in [1.82, 2.24) is 5.32 Å². The minimum Gasteiger partial charge on any atom is -0.449 e. The Bertz CT molecular complexity index is 1030. The molecule has 0 fully saturated rings. The summed E-state index contributed by atoms with van der Waals surface area (Å²) >= 11 is 5.90. The van der Waals surface area contributed by atoms with Crippen molar-refractivity contribution in [2.24, 2.45) is 0 Å². The van der Waals surface area contributed by atoms with Crippen molar-refractivity contribution in [3.63, 3.8) is 0 Å². The highest BCUT2D eigenvalue weighted by atomic mass is 35.5. The standard InChI is InChI=1S/C25H24ClNO4/c26-13-16-7-1-2-8-17(16)24(29)23(28)14-27-25(30)31-15-22-20-11-5-3-9-18(20)19-10-4-6-12-21(19)22/h1-12,22-24,28-29H,13-15H2,(H,27,30). The molecular formula is C25H24ClNO4. The molecular weight excluding hydrogens is 414 g/mol. The molecule has 4 rings (SSSR count). The molecule has 0 radical (unpaired) electrons. The van der Waals surface area contributed by atoms with E-state index in [1.54, 1.807) is 18.2 Å². The topological polar surface area (TPSA) is 78.8 Å². The lowest BCUT2D eigenvalue weighted by atomic mass is 9.98. The second kappa shape index (κ2) is 9.52. The van der Waals surface area contributed by atoms with E-state index in [1.165, 1.54) is 0 Å². The Morgan fingerprint density at radius 1 is 0.935 bits per heavy atom. The fourth-order valence-corrected chi connectivity index (χ4v) is 4.34. The molecule has 6 heteroatoms. The molecule has 3 aromatic rings. The zero-order chi connectivity index (χ0) is 21.8. The van der Waals surface area contributed by atoms with Crippen LogP contribution >= 0.6 is 11.6 Å². The molecule has 0 saturated heterocycles. The molecule has 0 spiro atoms. The zero-order valence-corrected chi connectivity index (χ0v) is 17.6. The van der Waals surface area contributed by atoms with E-state index in [-0.39, 0.29) is 24.9 Å². The van der Waals surface area contributed by atoms with Gasteiger partial charge in [-0.1, -0.05) is 72.8 Å². The second-order valence-electron chi connectivity index (χ2n) is 7.55. The Hall–Kier alpha value is -2.86. The lowest BCUT2D eigenvalue weighted by Crippen LogP contribution is -2.36. The largest absolute Gasteiger partial charge is 0.449 e. The number of ether oxygens (including phenoxy) is 1. The van der Waals surface area contributed by atoms with Crippen molar-refractivity contribution in [1.29, 1.82) is 0 Å². The van der Waals surface area contributed by atoms with Gasteiger partial charge in [0.1, 0.15) is 18.8 Å². The van der Waals surface area contributed by atoms with Gasteiger partial charge in [0, 0.05) is 18.3 Å². The van der Waals surface area contributed by atoms with Crippen molar-refractivity contribution < 1.29 is 19.7 Å². The average Bonchev–Trinajstić information content (AvgIpc) is 3.14. The van der Waals surface area contributed by atoms with Crippen LogP contribution in [0.5, 0.6) is 0 Å². The van der Waals surface area contributed by atoms with Crippen LogP contribution in [0.4, 0.5) is 4.79 Å². The molecule has 0 aromatic heterocycles. The first-order chi connectivity index (χ1) is 15.1. The molecule has 2 unspecified atom stereocenters. The Labute approximate surface area is 186 Å².